The third kappa shape index (κ3) is 1.43. The first kappa shape index (κ1) is 13.6. The molecule has 100 valence electrons. The molecule has 0 aromatic carbocycles. The summed E-state index contributed by atoms with van der Waals surface area (Å²) < 4.78 is 0. The van der Waals surface area contributed by atoms with Crippen molar-refractivity contribution in [2.75, 3.05) is 0 Å². The van der Waals surface area contributed by atoms with Gasteiger partial charge in [0.1, 0.15) is 0 Å². The average molecular weight is 246 g/mol. The average Bonchev–Trinajstić information content (AvgIpc) is 2.64. The van der Waals surface area contributed by atoms with Gasteiger partial charge in [0.25, 0.3) is 0 Å². The molecule has 2 aliphatic carbocycles. The Morgan fingerprint density at radius 2 is 2.00 bits per heavy atom. The maximum absolute atomic E-state index is 11.1. The highest BCUT2D eigenvalue weighted by molar-refractivity contribution is 5.32. The lowest BCUT2D eigenvalue weighted by Gasteiger charge is -2.39. The molecule has 0 amide bonds. The molecule has 1 fully saturated rings. The van der Waals surface area contributed by atoms with E-state index >= 15 is 0 Å². The number of rotatable bonds is 3. The molecule has 0 radical (unpaired) electrons. The third-order valence-electron chi connectivity index (χ3n) is 5.97. The molecule has 1 saturated carbocycles. The number of allylic oxidation sites excluding steroid dienone is 2. The number of hydrogen-bond acceptors (Lipinski definition) is 1. The molecule has 2 rings (SSSR count). The molecular formula is C17H26O. The van der Waals surface area contributed by atoms with Gasteiger partial charge in [-0.2, -0.15) is 0 Å². The molecule has 18 heavy (non-hydrogen) atoms. The maximum atomic E-state index is 11.1. The van der Waals surface area contributed by atoms with E-state index in [2.05, 4.69) is 46.9 Å². The van der Waals surface area contributed by atoms with Crippen molar-refractivity contribution < 1.29 is 5.11 Å². The lowest BCUT2D eigenvalue weighted by atomic mass is 9.69. The second-order valence-corrected chi connectivity index (χ2v) is 6.92. The standard InChI is InChI=1S/C17H26O/c1-7-9-17(18)11-14-13(16(17,6)8-2)10-12(3)15(14,4)5/h7-8,10,13-14,18H,1-2,9,11H2,3-6H3/t13-,14-,16-,17+/m1/s1. The van der Waals surface area contributed by atoms with Gasteiger partial charge in [0.15, 0.2) is 0 Å². The molecule has 0 bridgehead atoms. The van der Waals surface area contributed by atoms with Crippen LogP contribution in [0.5, 0.6) is 0 Å². The van der Waals surface area contributed by atoms with Crippen molar-refractivity contribution in [3.63, 3.8) is 0 Å². The zero-order chi connectivity index (χ0) is 13.8. The fraction of sp³-hybridized carbons (Fsp3) is 0.647. The summed E-state index contributed by atoms with van der Waals surface area (Å²) in [5.74, 6) is 0.903. The SMILES string of the molecule is C=CC[C@]1(O)C[C@@H]2[C@@H](C=C(C)C2(C)C)[C@@]1(C)C=C. The van der Waals surface area contributed by atoms with E-state index in [-0.39, 0.29) is 10.8 Å². The first-order chi connectivity index (χ1) is 8.23. The molecule has 1 nitrogen and oxygen atoms in total. The van der Waals surface area contributed by atoms with E-state index in [1.807, 2.05) is 12.2 Å². The fourth-order valence-electron chi connectivity index (χ4n) is 4.08. The van der Waals surface area contributed by atoms with Gasteiger partial charge in [0.05, 0.1) is 5.60 Å². The number of hydrogen-bond donors (Lipinski definition) is 1. The van der Waals surface area contributed by atoms with Crippen molar-refractivity contribution in [3.05, 3.63) is 37.0 Å². The normalized spacial score (nSPS) is 45.5. The minimum Gasteiger partial charge on any atom is -0.389 e. The van der Waals surface area contributed by atoms with Crippen LogP contribution in [0, 0.1) is 22.7 Å². The van der Waals surface area contributed by atoms with E-state index in [1.54, 1.807) is 0 Å². The van der Waals surface area contributed by atoms with Crippen molar-refractivity contribution in [2.45, 2.75) is 46.1 Å². The fourth-order valence-corrected chi connectivity index (χ4v) is 4.08. The van der Waals surface area contributed by atoms with Gasteiger partial charge >= 0.3 is 0 Å². The van der Waals surface area contributed by atoms with Crippen LogP contribution < -0.4 is 0 Å². The van der Waals surface area contributed by atoms with E-state index in [4.69, 9.17) is 0 Å². The van der Waals surface area contributed by atoms with Crippen LogP contribution in [0.3, 0.4) is 0 Å². The van der Waals surface area contributed by atoms with Gasteiger partial charge < -0.3 is 5.11 Å². The molecule has 1 heteroatoms. The Bertz CT molecular complexity index is 417. The predicted molar refractivity (Wildman–Crippen MR) is 77.2 cm³/mol. The summed E-state index contributed by atoms with van der Waals surface area (Å²) in [6, 6.07) is 0. The molecule has 0 aliphatic heterocycles. The molecule has 0 aromatic heterocycles. The van der Waals surface area contributed by atoms with E-state index < -0.39 is 5.60 Å². The number of fused-ring (bicyclic) bond motifs is 1. The minimum atomic E-state index is -0.694. The van der Waals surface area contributed by atoms with E-state index in [9.17, 15) is 5.11 Å². The minimum absolute atomic E-state index is 0.181. The zero-order valence-electron chi connectivity index (χ0n) is 12.2. The molecule has 1 N–H and O–H groups in total. The second-order valence-electron chi connectivity index (χ2n) is 6.92. The highest BCUT2D eigenvalue weighted by atomic mass is 16.3. The van der Waals surface area contributed by atoms with Crippen molar-refractivity contribution in [3.8, 4) is 0 Å². The summed E-state index contributed by atoms with van der Waals surface area (Å²) in [7, 11) is 0. The maximum Gasteiger partial charge on any atom is 0.0778 e. The summed E-state index contributed by atoms with van der Waals surface area (Å²) in [5, 5.41) is 11.1. The molecule has 0 aromatic rings. The van der Waals surface area contributed by atoms with Gasteiger partial charge in [-0.15, -0.1) is 13.2 Å². The Kier molecular flexibility index (Phi) is 2.90. The van der Waals surface area contributed by atoms with Crippen LogP contribution in [0.15, 0.2) is 37.0 Å². The van der Waals surface area contributed by atoms with Crippen LogP contribution in [-0.2, 0) is 0 Å². The smallest absolute Gasteiger partial charge is 0.0778 e. The topological polar surface area (TPSA) is 20.2 Å². The lowest BCUT2D eigenvalue weighted by molar-refractivity contribution is -0.0340. The van der Waals surface area contributed by atoms with Gasteiger partial charge in [-0.3, -0.25) is 0 Å². The molecular weight excluding hydrogens is 220 g/mol. The van der Waals surface area contributed by atoms with Gasteiger partial charge in [0.2, 0.25) is 0 Å². The summed E-state index contributed by atoms with van der Waals surface area (Å²) in [4.78, 5) is 0. The Morgan fingerprint density at radius 3 is 2.50 bits per heavy atom. The Balaban J connectivity index is 2.50. The number of aliphatic hydroxyl groups is 1. The summed E-state index contributed by atoms with van der Waals surface area (Å²) in [5.41, 5.74) is 0.688. The summed E-state index contributed by atoms with van der Waals surface area (Å²) in [6.45, 7) is 16.8. The van der Waals surface area contributed by atoms with Crippen LogP contribution in [0.1, 0.15) is 40.5 Å². The Labute approximate surface area is 111 Å². The van der Waals surface area contributed by atoms with Crippen LogP contribution >= 0.6 is 0 Å². The molecule has 2 aliphatic rings. The van der Waals surface area contributed by atoms with Crippen molar-refractivity contribution in [1.82, 2.24) is 0 Å². The van der Waals surface area contributed by atoms with Gasteiger partial charge in [0, 0.05) is 5.41 Å². The van der Waals surface area contributed by atoms with Crippen LogP contribution in [0.25, 0.3) is 0 Å². The zero-order valence-corrected chi connectivity index (χ0v) is 12.2. The molecule has 0 spiro atoms. The van der Waals surface area contributed by atoms with E-state index in [0.29, 0.717) is 18.3 Å². The van der Waals surface area contributed by atoms with E-state index in [1.165, 1.54) is 5.57 Å². The highest BCUT2D eigenvalue weighted by Gasteiger charge is 2.63. The Hall–Kier alpha value is -0.820. The van der Waals surface area contributed by atoms with Crippen LogP contribution in [-0.4, -0.2) is 10.7 Å². The van der Waals surface area contributed by atoms with Gasteiger partial charge in [-0.25, -0.2) is 0 Å². The van der Waals surface area contributed by atoms with Crippen LogP contribution in [0.2, 0.25) is 0 Å². The highest BCUT2D eigenvalue weighted by Crippen LogP contribution is 2.65. The van der Waals surface area contributed by atoms with Crippen LogP contribution in [0.4, 0.5) is 0 Å². The second kappa shape index (κ2) is 3.84. The summed E-state index contributed by atoms with van der Waals surface area (Å²) in [6.07, 6.45) is 7.66. The molecule has 0 saturated heterocycles. The monoisotopic (exact) mass is 246 g/mol. The first-order valence-corrected chi connectivity index (χ1v) is 6.89. The third-order valence-corrected chi connectivity index (χ3v) is 5.97. The van der Waals surface area contributed by atoms with Crippen molar-refractivity contribution in [2.24, 2.45) is 22.7 Å². The Morgan fingerprint density at radius 1 is 1.39 bits per heavy atom. The van der Waals surface area contributed by atoms with E-state index in [0.717, 1.165) is 6.42 Å². The van der Waals surface area contributed by atoms with Gasteiger partial charge in [-0.05, 0) is 37.0 Å². The molecule has 0 unspecified atom stereocenters. The largest absolute Gasteiger partial charge is 0.389 e. The quantitative estimate of drug-likeness (QED) is 0.743. The molecule has 0 heterocycles. The van der Waals surface area contributed by atoms with Gasteiger partial charge in [-0.1, -0.05) is 44.6 Å². The summed E-state index contributed by atoms with van der Waals surface area (Å²) >= 11 is 0. The lowest BCUT2D eigenvalue weighted by Crippen LogP contribution is -2.42. The first-order valence-electron chi connectivity index (χ1n) is 6.89. The van der Waals surface area contributed by atoms with Crippen molar-refractivity contribution >= 4 is 0 Å². The predicted octanol–water partition coefficient (Wildman–Crippen LogP) is 4.11. The van der Waals surface area contributed by atoms with Crippen molar-refractivity contribution in [1.29, 1.82) is 0 Å². The molecule has 4 atom stereocenters.